The third kappa shape index (κ3) is 5.19. The Labute approximate surface area is 168 Å². The van der Waals surface area contributed by atoms with E-state index < -0.39 is 6.04 Å². The first-order chi connectivity index (χ1) is 14.0. The van der Waals surface area contributed by atoms with Crippen LogP contribution in [0, 0.1) is 6.92 Å². The van der Waals surface area contributed by atoms with Gasteiger partial charge >= 0.3 is 0 Å². The topological polar surface area (TPSA) is 94.9 Å². The van der Waals surface area contributed by atoms with Crippen molar-refractivity contribution in [2.75, 3.05) is 24.9 Å². The van der Waals surface area contributed by atoms with Gasteiger partial charge in [0.15, 0.2) is 17.3 Å². The first-order valence-electron chi connectivity index (χ1n) is 8.99. The maximum absolute atomic E-state index is 12.4. The zero-order chi connectivity index (χ0) is 20.8. The minimum atomic E-state index is -0.519. The molecule has 8 nitrogen and oxygen atoms in total. The monoisotopic (exact) mass is 397 g/mol. The van der Waals surface area contributed by atoms with Crippen LogP contribution in [0.4, 0.5) is 11.5 Å². The molecule has 29 heavy (non-hydrogen) atoms. The predicted octanol–water partition coefficient (Wildman–Crippen LogP) is 4.23. The third-order valence-corrected chi connectivity index (χ3v) is 4.11. The molecular weight excluding hydrogens is 374 g/mol. The summed E-state index contributed by atoms with van der Waals surface area (Å²) < 4.78 is 21.4. The van der Waals surface area contributed by atoms with Crippen LogP contribution >= 0.6 is 0 Å². The van der Waals surface area contributed by atoms with E-state index in [2.05, 4.69) is 15.8 Å². The number of nitrogens with zero attached hydrogens (tertiary/aromatic N) is 1. The van der Waals surface area contributed by atoms with E-state index in [9.17, 15) is 4.79 Å². The lowest BCUT2D eigenvalue weighted by Gasteiger charge is -2.17. The highest BCUT2D eigenvalue weighted by molar-refractivity contribution is 5.95. The Kier molecular flexibility index (Phi) is 6.23. The predicted molar refractivity (Wildman–Crippen MR) is 109 cm³/mol. The minimum absolute atomic E-state index is 0.244. The van der Waals surface area contributed by atoms with E-state index in [-0.39, 0.29) is 5.91 Å². The molecule has 0 unspecified atom stereocenters. The molecule has 0 radical (unpaired) electrons. The molecular formula is C21H23N3O5. The first-order valence-corrected chi connectivity index (χ1v) is 8.99. The number of methoxy groups -OCH3 is 2. The second-order valence-corrected chi connectivity index (χ2v) is 6.32. The maximum Gasteiger partial charge on any atom is 0.247 e. The molecule has 0 spiro atoms. The summed E-state index contributed by atoms with van der Waals surface area (Å²) >= 11 is 0. The summed E-state index contributed by atoms with van der Waals surface area (Å²) in [6.45, 7) is 3.50. The van der Waals surface area contributed by atoms with Crippen molar-refractivity contribution in [2.45, 2.75) is 19.9 Å². The molecule has 3 rings (SSSR count). The van der Waals surface area contributed by atoms with Gasteiger partial charge in [0.2, 0.25) is 5.91 Å². The van der Waals surface area contributed by atoms with Gasteiger partial charge in [-0.3, -0.25) is 4.79 Å². The number of amides is 1. The van der Waals surface area contributed by atoms with Gasteiger partial charge in [-0.25, -0.2) is 0 Å². The first kappa shape index (κ1) is 20.1. The van der Waals surface area contributed by atoms with Gasteiger partial charge in [-0.15, -0.1) is 0 Å². The molecule has 2 N–H and O–H groups in total. The van der Waals surface area contributed by atoms with Crippen molar-refractivity contribution in [1.82, 2.24) is 5.16 Å². The molecule has 3 aromatic rings. The Morgan fingerprint density at radius 1 is 1.00 bits per heavy atom. The highest BCUT2D eigenvalue weighted by Gasteiger charge is 2.16. The fourth-order valence-corrected chi connectivity index (χ4v) is 2.59. The number of aromatic nitrogens is 1. The Balaban J connectivity index is 1.70. The number of aryl methyl sites for hydroxylation is 1. The summed E-state index contributed by atoms with van der Waals surface area (Å²) in [6.07, 6.45) is 0. The van der Waals surface area contributed by atoms with Crippen LogP contribution in [-0.4, -0.2) is 31.3 Å². The lowest BCUT2D eigenvalue weighted by molar-refractivity contribution is -0.116. The fraction of sp³-hybridized carbons (Fsp3) is 0.238. The van der Waals surface area contributed by atoms with Crippen LogP contribution in [0.1, 0.15) is 12.7 Å². The van der Waals surface area contributed by atoms with Crippen molar-refractivity contribution in [3.05, 3.63) is 54.3 Å². The number of carbonyl (C=O) groups is 1. The molecule has 0 saturated carbocycles. The van der Waals surface area contributed by atoms with Gasteiger partial charge in [-0.05, 0) is 50.2 Å². The number of hydrogen-bond donors (Lipinski definition) is 2. The SMILES string of the molecule is COc1ccc(Oc2cc(N[C@@H](C)C(=O)Nc3cc(C)on3)ccc2OC)cc1. The quantitative estimate of drug-likeness (QED) is 0.587. The highest BCUT2D eigenvalue weighted by Crippen LogP contribution is 2.34. The smallest absolute Gasteiger partial charge is 0.247 e. The second kappa shape index (κ2) is 9.01. The molecule has 152 valence electrons. The summed E-state index contributed by atoms with van der Waals surface area (Å²) in [5.41, 5.74) is 0.702. The number of benzene rings is 2. The van der Waals surface area contributed by atoms with Gasteiger partial charge in [-0.1, -0.05) is 5.16 Å². The molecule has 1 amide bonds. The lowest BCUT2D eigenvalue weighted by Crippen LogP contribution is -2.31. The Morgan fingerprint density at radius 2 is 1.72 bits per heavy atom. The summed E-state index contributed by atoms with van der Waals surface area (Å²) in [7, 11) is 3.18. The largest absolute Gasteiger partial charge is 0.497 e. The average molecular weight is 397 g/mol. The number of hydrogen-bond acceptors (Lipinski definition) is 7. The average Bonchev–Trinajstić information content (AvgIpc) is 3.13. The van der Waals surface area contributed by atoms with Crippen LogP contribution in [-0.2, 0) is 4.79 Å². The van der Waals surface area contributed by atoms with Crippen molar-refractivity contribution in [2.24, 2.45) is 0 Å². The summed E-state index contributed by atoms with van der Waals surface area (Å²) in [6, 6.07) is 13.7. The van der Waals surface area contributed by atoms with E-state index >= 15 is 0 Å². The van der Waals surface area contributed by atoms with Gasteiger partial charge < -0.3 is 29.4 Å². The van der Waals surface area contributed by atoms with E-state index in [1.54, 1.807) is 58.4 Å². The third-order valence-electron chi connectivity index (χ3n) is 4.11. The Bertz CT molecular complexity index is 969. The number of anilines is 2. The Morgan fingerprint density at radius 3 is 2.34 bits per heavy atom. The molecule has 0 bridgehead atoms. The molecule has 0 aliphatic carbocycles. The molecule has 0 saturated heterocycles. The fourth-order valence-electron chi connectivity index (χ4n) is 2.59. The second-order valence-electron chi connectivity index (χ2n) is 6.32. The van der Waals surface area contributed by atoms with Crippen molar-refractivity contribution >= 4 is 17.4 Å². The maximum atomic E-state index is 12.4. The van der Waals surface area contributed by atoms with Crippen molar-refractivity contribution in [1.29, 1.82) is 0 Å². The zero-order valence-electron chi connectivity index (χ0n) is 16.7. The summed E-state index contributed by atoms with van der Waals surface area (Å²) in [4.78, 5) is 12.4. The van der Waals surface area contributed by atoms with Gasteiger partial charge in [0.1, 0.15) is 23.3 Å². The number of nitrogens with one attached hydrogen (secondary N) is 2. The number of carbonyl (C=O) groups excluding carboxylic acids is 1. The van der Waals surface area contributed by atoms with Crippen molar-refractivity contribution in [3.8, 4) is 23.0 Å². The van der Waals surface area contributed by atoms with Crippen LogP contribution in [0.5, 0.6) is 23.0 Å². The minimum Gasteiger partial charge on any atom is -0.497 e. The van der Waals surface area contributed by atoms with Crippen LogP contribution in [0.3, 0.4) is 0 Å². The standard InChI is InChI=1S/C21H23N3O5/c1-13-11-20(24-29-13)23-21(25)14(2)22-15-5-10-18(27-4)19(12-15)28-17-8-6-16(26-3)7-9-17/h5-12,14,22H,1-4H3,(H,23,24,25)/t14-/m0/s1. The molecule has 1 heterocycles. The molecule has 0 fully saturated rings. The zero-order valence-corrected chi connectivity index (χ0v) is 16.7. The van der Waals surface area contributed by atoms with E-state index in [1.807, 2.05) is 18.2 Å². The summed E-state index contributed by atoms with van der Waals surface area (Å²) in [5.74, 6) is 3.21. The van der Waals surface area contributed by atoms with Gasteiger partial charge in [0.05, 0.1) is 14.2 Å². The molecule has 1 aromatic heterocycles. The summed E-state index contributed by atoms with van der Waals surface area (Å²) in [5, 5.41) is 9.60. The highest BCUT2D eigenvalue weighted by atomic mass is 16.5. The number of ether oxygens (including phenoxy) is 3. The van der Waals surface area contributed by atoms with Gasteiger partial charge in [-0.2, -0.15) is 0 Å². The molecule has 0 aliphatic heterocycles. The van der Waals surface area contributed by atoms with E-state index in [0.29, 0.717) is 34.5 Å². The molecule has 2 aromatic carbocycles. The lowest BCUT2D eigenvalue weighted by atomic mass is 10.2. The normalized spacial score (nSPS) is 11.4. The molecule has 1 atom stereocenters. The van der Waals surface area contributed by atoms with Crippen molar-refractivity contribution < 1.29 is 23.5 Å². The number of rotatable bonds is 8. The van der Waals surface area contributed by atoms with Crippen LogP contribution < -0.4 is 24.8 Å². The van der Waals surface area contributed by atoms with Crippen LogP contribution in [0.15, 0.2) is 53.1 Å². The molecule has 8 heteroatoms. The van der Waals surface area contributed by atoms with E-state index in [1.165, 1.54) is 0 Å². The molecule has 0 aliphatic rings. The van der Waals surface area contributed by atoms with E-state index in [4.69, 9.17) is 18.7 Å². The van der Waals surface area contributed by atoms with Gasteiger partial charge in [0, 0.05) is 17.8 Å². The van der Waals surface area contributed by atoms with E-state index in [0.717, 1.165) is 5.75 Å². The van der Waals surface area contributed by atoms with Crippen LogP contribution in [0.25, 0.3) is 0 Å². The van der Waals surface area contributed by atoms with Crippen LogP contribution in [0.2, 0.25) is 0 Å². The van der Waals surface area contributed by atoms with Gasteiger partial charge in [0.25, 0.3) is 0 Å². The van der Waals surface area contributed by atoms with Crippen molar-refractivity contribution in [3.63, 3.8) is 0 Å². The Hall–Kier alpha value is -3.68.